The fourth-order valence-electron chi connectivity index (χ4n) is 8.34. The van der Waals surface area contributed by atoms with Crippen LogP contribution in [0.3, 0.4) is 0 Å². The highest BCUT2D eigenvalue weighted by molar-refractivity contribution is 5.71. The van der Waals surface area contributed by atoms with Crippen molar-refractivity contribution < 1.29 is 28.6 Å². The van der Waals surface area contributed by atoms with Crippen LogP contribution in [0.15, 0.2) is 122 Å². The molecule has 0 aromatic heterocycles. The van der Waals surface area contributed by atoms with Crippen molar-refractivity contribution in [1.29, 1.82) is 0 Å². The van der Waals surface area contributed by atoms with Crippen LogP contribution >= 0.6 is 0 Å². The van der Waals surface area contributed by atoms with Crippen molar-refractivity contribution in [3.8, 4) is 0 Å². The minimum atomic E-state index is -0.804. The molecule has 0 aromatic rings. The Morgan fingerprint density at radius 2 is 0.520 bits per heavy atom. The summed E-state index contributed by atoms with van der Waals surface area (Å²) >= 11 is 0. The van der Waals surface area contributed by atoms with E-state index in [0.29, 0.717) is 19.3 Å². The first kappa shape index (κ1) is 70.8. The Balaban J connectivity index is 4.44. The predicted octanol–water partition coefficient (Wildman–Crippen LogP) is 21.2. The first-order valence-electron chi connectivity index (χ1n) is 31.0. The van der Waals surface area contributed by atoms with Crippen molar-refractivity contribution in [2.75, 3.05) is 13.2 Å². The van der Waals surface area contributed by atoms with Crippen LogP contribution in [-0.2, 0) is 28.6 Å². The van der Waals surface area contributed by atoms with E-state index in [4.69, 9.17) is 14.2 Å². The third kappa shape index (κ3) is 60.6. The number of allylic oxidation sites excluding steroid dienone is 20. The number of carbonyl (C=O) groups excluding carboxylic acids is 3. The maximum atomic E-state index is 12.9. The van der Waals surface area contributed by atoms with Crippen molar-refractivity contribution in [3.05, 3.63) is 122 Å². The largest absolute Gasteiger partial charge is 0.462 e. The molecule has 1 unspecified atom stereocenters. The number of carbonyl (C=O) groups is 3. The Labute approximate surface area is 462 Å². The average molecular weight is 1040 g/mol. The lowest BCUT2D eigenvalue weighted by atomic mass is 10.1. The second-order valence-electron chi connectivity index (χ2n) is 20.2. The Morgan fingerprint density at radius 3 is 0.813 bits per heavy atom. The zero-order valence-corrected chi connectivity index (χ0v) is 48.8. The van der Waals surface area contributed by atoms with Crippen molar-refractivity contribution in [2.24, 2.45) is 0 Å². The third-order valence-corrected chi connectivity index (χ3v) is 12.9. The molecule has 0 heterocycles. The van der Waals surface area contributed by atoms with Crippen LogP contribution < -0.4 is 0 Å². The van der Waals surface area contributed by atoms with Crippen LogP contribution in [0.5, 0.6) is 0 Å². The van der Waals surface area contributed by atoms with Gasteiger partial charge in [0.25, 0.3) is 0 Å². The molecule has 6 nitrogen and oxygen atoms in total. The van der Waals surface area contributed by atoms with Gasteiger partial charge >= 0.3 is 17.9 Å². The van der Waals surface area contributed by atoms with E-state index in [9.17, 15) is 14.4 Å². The fourth-order valence-corrected chi connectivity index (χ4v) is 8.34. The molecule has 0 saturated carbocycles. The van der Waals surface area contributed by atoms with Crippen LogP contribution in [0.1, 0.15) is 278 Å². The van der Waals surface area contributed by atoms with Gasteiger partial charge in [-0.2, -0.15) is 0 Å². The Morgan fingerprint density at radius 1 is 0.280 bits per heavy atom. The molecule has 426 valence electrons. The molecule has 0 aliphatic rings. The van der Waals surface area contributed by atoms with Gasteiger partial charge < -0.3 is 14.2 Å². The fraction of sp³-hybridized carbons (Fsp3) is 0.667. The molecule has 0 radical (unpaired) electrons. The van der Waals surface area contributed by atoms with Crippen molar-refractivity contribution >= 4 is 17.9 Å². The van der Waals surface area contributed by atoms with Gasteiger partial charge in [0.2, 0.25) is 0 Å². The summed E-state index contributed by atoms with van der Waals surface area (Å²) in [7, 11) is 0. The molecule has 6 heteroatoms. The minimum absolute atomic E-state index is 0.0979. The number of rotatable bonds is 55. The van der Waals surface area contributed by atoms with Crippen molar-refractivity contribution in [2.45, 2.75) is 284 Å². The van der Waals surface area contributed by atoms with E-state index in [1.165, 1.54) is 96.3 Å². The van der Waals surface area contributed by atoms with E-state index in [1.54, 1.807) is 0 Å². The standard InChI is InChI=1S/C69H114O6/c1-4-7-10-13-16-19-22-25-28-31-32-33-34-35-36-39-41-44-47-50-53-56-59-62-68(71)74-65-66(75-69(72)63-60-57-54-51-48-45-42-38-30-27-24-21-18-15-12-9-6-3)64-73-67(70)61-58-55-52-49-46-43-40-37-29-26-23-20-17-14-11-8-5-2/h8-9,11-12,17-18,20-22,25-27,29-32,34-35,42,45,66H,4-7,10,13-16,19,23-24,28,33,36-41,43-44,46-65H2,1-3H3/b11-8-,12-9-,20-17-,21-18-,25-22-,29-26-,30-27-,32-31-,35-34-,45-42-. The van der Waals surface area contributed by atoms with E-state index in [0.717, 1.165) is 141 Å². The Hall–Kier alpha value is -4.19. The lowest BCUT2D eigenvalue weighted by Gasteiger charge is -2.18. The second kappa shape index (κ2) is 62.4. The molecule has 0 aliphatic heterocycles. The van der Waals surface area contributed by atoms with Crippen LogP contribution in [0.4, 0.5) is 0 Å². The van der Waals surface area contributed by atoms with E-state index >= 15 is 0 Å². The third-order valence-electron chi connectivity index (χ3n) is 12.9. The molecule has 0 fully saturated rings. The molecule has 0 bridgehead atoms. The number of ether oxygens (including phenoxy) is 3. The van der Waals surface area contributed by atoms with Gasteiger partial charge in [-0.3, -0.25) is 14.4 Å². The predicted molar refractivity (Wildman–Crippen MR) is 325 cm³/mol. The quantitative estimate of drug-likeness (QED) is 0.0261. The number of hydrogen-bond acceptors (Lipinski definition) is 6. The molecule has 0 N–H and O–H groups in total. The van der Waals surface area contributed by atoms with Crippen LogP contribution in [-0.4, -0.2) is 37.2 Å². The van der Waals surface area contributed by atoms with Crippen LogP contribution in [0.2, 0.25) is 0 Å². The SMILES string of the molecule is CC/C=C\C/C=C\C/C=C\C/C=C\CCCCCCC(=O)OC(COC(=O)CCCCCCCCC/C=C\C/C=C\C/C=C\CC)COC(=O)CCCCCCCCCC/C=C\C/C=C\C/C=C\CCCCCCC. The summed E-state index contributed by atoms with van der Waals surface area (Å²) < 4.78 is 16.9. The van der Waals surface area contributed by atoms with E-state index in [-0.39, 0.29) is 31.1 Å². The Bertz CT molecular complexity index is 1570. The molecule has 0 spiro atoms. The summed E-state index contributed by atoms with van der Waals surface area (Å²) in [4.78, 5) is 38.3. The van der Waals surface area contributed by atoms with E-state index < -0.39 is 6.10 Å². The van der Waals surface area contributed by atoms with E-state index in [1.807, 2.05) is 0 Å². The molecule has 75 heavy (non-hydrogen) atoms. The van der Waals surface area contributed by atoms with Gasteiger partial charge in [0.1, 0.15) is 13.2 Å². The summed E-state index contributed by atoms with van der Waals surface area (Å²) in [5.41, 5.74) is 0. The monoisotopic (exact) mass is 1040 g/mol. The van der Waals surface area contributed by atoms with Gasteiger partial charge in [-0.15, -0.1) is 0 Å². The summed E-state index contributed by atoms with van der Waals surface area (Å²) in [5, 5.41) is 0. The smallest absolute Gasteiger partial charge is 0.306 e. The molecular formula is C69H114O6. The number of hydrogen-bond donors (Lipinski definition) is 0. The zero-order valence-electron chi connectivity index (χ0n) is 48.8. The molecule has 0 rings (SSSR count). The minimum Gasteiger partial charge on any atom is -0.462 e. The lowest BCUT2D eigenvalue weighted by Crippen LogP contribution is -2.30. The highest BCUT2D eigenvalue weighted by atomic mass is 16.6. The van der Waals surface area contributed by atoms with Crippen molar-refractivity contribution in [1.82, 2.24) is 0 Å². The molecule has 0 amide bonds. The van der Waals surface area contributed by atoms with Crippen LogP contribution in [0.25, 0.3) is 0 Å². The maximum Gasteiger partial charge on any atom is 0.306 e. The zero-order chi connectivity index (χ0) is 54.3. The highest BCUT2D eigenvalue weighted by Gasteiger charge is 2.19. The number of esters is 3. The van der Waals surface area contributed by atoms with Gasteiger partial charge in [-0.05, 0) is 128 Å². The molecule has 0 aromatic carbocycles. The Kier molecular flexibility index (Phi) is 58.9. The lowest BCUT2D eigenvalue weighted by molar-refractivity contribution is -0.167. The number of unbranched alkanes of at least 4 members (excludes halogenated alkanes) is 24. The molecule has 0 aliphatic carbocycles. The average Bonchev–Trinajstić information content (AvgIpc) is 3.41. The molecular weight excluding hydrogens is 925 g/mol. The van der Waals surface area contributed by atoms with Gasteiger partial charge in [0, 0.05) is 19.3 Å². The summed E-state index contributed by atoms with van der Waals surface area (Å²) in [6.07, 6.45) is 86.2. The van der Waals surface area contributed by atoms with Gasteiger partial charge in [0.15, 0.2) is 6.10 Å². The van der Waals surface area contributed by atoms with Gasteiger partial charge in [-0.1, -0.05) is 251 Å². The second-order valence-corrected chi connectivity index (χ2v) is 20.2. The summed E-state index contributed by atoms with van der Waals surface area (Å²) in [6.45, 7) is 6.38. The summed E-state index contributed by atoms with van der Waals surface area (Å²) in [5.74, 6) is -0.936. The first-order chi connectivity index (χ1) is 37.0. The van der Waals surface area contributed by atoms with E-state index in [2.05, 4.69) is 142 Å². The highest BCUT2D eigenvalue weighted by Crippen LogP contribution is 2.15. The van der Waals surface area contributed by atoms with Crippen molar-refractivity contribution in [3.63, 3.8) is 0 Å². The maximum absolute atomic E-state index is 12.9. The molecule has 0 saturated heterocycles. The molecule has 1 atom stereocenters. The first-order valence-corrected chi connectivity index (χ1v) is 31.0. The normalized spacial score (nSPS) is 12.9. The van der Waals surface area contributed by atoms with Gasteiger partial charge in [-0.25, -0.2) is 0 Å². The topological polar surface area (TPSA) is 78.9 Å². The summed E-state index contributed by atoms with van der Waals surface area (Å²) in [6, 6.07) is 0. The van der Waals surface area contributed by atoms with Crippen LogP contribution in [0, 0.1) is 0 Å². The van der Waals surface area contributed by atoms with Gasteiger partial charge in [0.05, 0.1) is 0 Å².